The Morgan fingerprint density at radius 3 is 2.67 bits per heavy atom. The van der Waals surface area contributed by atoms with E-state index in [9.17, 15) is 5.11 Å². The summed E-state index contributed by atoms with van der Waals surface area (Å²) in [4.78, 5) is 0. The maximum absolute atomic E-state index is 9.67. The van der Waals surface area contributed by atoms with Gasteiger partial charge in [0.2, 0.25) is 0 Å². The number of hydrogen-bond donors (Lipinski definition) is 1. The average Bonchev–Trinajstić information content (AvgIpc) is 3.21. The fraction of sp³-hybridized carbons (Fsp3) is 0.600. The van der Waals surface area contributed by atoms with E-state index in [-0.39, 0.29) is 11.9 Å². The highest BCUT2D eigenvalue weighted by Crippen LogP contribution is 2.35. The van der Waals surface area contributed by atoms with Crippen LogP contribution in [-0.2, 0) is 4.74 Å². The smallest absolute Gasteiger partial charge is 0.123 e. The van der Waals surface area contributed by atoms with Crippen LogP contribution in [0.15, 0.2) is 18.2 Å². The van der Waals surface area contributed by atoms with E-state index in [2.05, 4.69) is 0 Å². The molecule has 3 rings (SSSR count). The Morgan fingerprint density at radius 1 is 1.17 bits per heavy atom. The lowest BCUT2D eigenvalue weighted by Gasteiger charge is -2.21. The zero-order chi connectivity index (χ0) is 12.4. The van der Waals surface area contributed by atoms with Crippen molar-refractivity contribution in [2.75, 3.05) is 13.2 Å². The fourth-order valence-electron chi connectivity index (χ4n) is 2.68. The van der Waals surface area contributed by atoms with Crippen molar-refractivity contribution < 1.29 is 14.6 Å². The highest BCUT2D eigenvalue weighted by molar-refractivity contribution is 5.39. The molecular formula is C15H20O3. The first kappa shape index (κ1) is 11.8. The van der Waals surface area contributed by atoms with Gasteiger partial charge in [-0.25, -0.2) is 0 Å². The molecule has 1 atom stereocenters. The molecule has 98 valence electrons. The van der Waals surface area contributed by atoms with E-state index < -0.39 is 0 Å². The van der Waals surface area contributed by atoms with Crippen LogP contribution in [0.4, 0.5) is 0 Å². The first-order valence-electron chi connectivity index (χ1n) is 6.89. The third-order valence-electron chi connectivity index (χ3n) is 3.83. The van der Waals surface area contributed by atoms with Crippen molar-refractivity contribution in [1.29, 1.82) is 0 Å². The number of phenolic OH excluding ortho intramolecular Hbond substituents is 1. The van der Waals surface area contributed by atoms with Crippen LogP contribution in [0, 0.1) is 5.92 Å². The van der Waals surface area contributed by atoms with E-state index in [1.807, 2.05) is 6.07 Å². The molecule has 0 unspecified atom stereocenters. The monoisotopic (exact) mass is 248 g/mol. The summed E-state index contributed by atoms with van der Waals surface area (Å²) in [6.07, 6.45) is 6.74. The second-order valence-electron chi connectivity index (χ2n) is 5.40. The second-order valence-corrected chi connectivity index (χ2v) is 5.40. The average molecular weight is 248 g/mol. The molecule has 0 amide bonds. The summed E-state index contributed by atoms with van der Waals surface area (Å²) in [5.74, 6) is 1.72. The lowest BCUT2D eigenvalue weighted by Crippen LogP contribution is -2.15. The molecule has 2 fully saturated rings. The van der Waals surface area contributed by atoms with Crippen LogP contribution in [0.3, 0.4) is 0 Å². The summed E-state index contributed by atoms with van der Waals surface area (Å²) in [5.41, 5.74) is 1.02. The molecule has 1 aromatic rings. The van der Waals surface area contributed by atoms with Gasteiger partial charge in [-0.3, -0.25) is 0 Å². The number of ether oxygens (including phenoxy) is 2. The van der Waals surface area contributed by atoms with Gasteiger partial charge in [-0.15, -0.1) is 0 Å². The minimum absolute atomic E-state index is 0.161. The number of hydrogen-bond acceptors (Lipinski definition) is 3. The second kappa shape index (κ2) is 5.19. The molecule has 0 radical (unpaired) electrons. The van der Waals surface area contributed by atoms with E-state index >= 15 is 0 Å². The molecular weight excluding hydrogens is 228 g/mol. The minimum Gasteiger partial charge on any atom is -0.508 e. The molecule has 3 nitrogen and oxygen atoms in total. The standard InChI is InChI=1S/C15H20O3/c16-13-6-12(15-10-18-15)7-14(8-13)17-9-11-4-2-1-3-5-11/h6-8,11,15-16H,1-5,9-10H2/t15-/m1/s1. The minimum atomic E-state index is 0.161. The van der Waals surface area contributed by atoms with Gasteiger partial charge in [0.15, 0.2) is 0 Å². The van der Waals surface area contributed by atoms with Crippen molar-refractivity contribution in [1.82, 2.24) is 0 Å². The fourth-order valence-corrected chi connectivity index (χ4v) is 2.68. The normalized spacial score (nSPS) is 23.9. The topological polar surface area (TPSA) is 42.0 Å². The summed E-state index contributed by atoms with van der Waals surface area (Å²) >= 11 is 0. The van der Waals surface area contributed by atoms with Crippen LogP contribution in [0.25, 0.3) is 0 Å². The van der Waals surface area contributed by atoms with Gasteiger partial charge in [-0.1, -0.05) is 19.3 Å². The van der Waals surface area contributed by atoms with E-state index in [0.29, 0.717) is 5.92 Å². The van der Waals surface area contributed by atoms with Crippen LogP contribution in [-0.4, -0.2) is 18.3 Å². The quantitative estimate of drug-likeness (QED) is 0.830. The van der Waals surface area contributed by atoms with Gasteiger partial charge in [0, 0.05) is 6.07 Å². The molecule has 18 heavy (non-hydrogen) atoms. The first-order chi connectivity index (χ1) is 8.81. The van der Waals surface area contributed by atoms with Gasteiger partial charge in [-0.05, 0) is 36.5 Å². The van der Waals surface area contributed by atoms with Gasteiger partial charge < -0.3 is 14.6 Å². The molecule has 1 aromatic carbocycles. The van der Waals surface area contributed by atoms with Crippen molar-refractivity contribution >= 4 is 0 Å². The Balaban J connectivity index is 1.60. The summed E-state index contributed by atoms with van der Waals surface area (Å²) in [6.45, 7) is 1.53. The maximum Gasteiger partial charge on any atom is 0.123 e. The number of benzene rings is 1. The molecule has 1 aliphatic heterocycles. The highest BCUT2D eigenvalue weighted by Gasteiger charge is 2.25. The van der Waals surface area contributed by atoms with Crippen LogP contribution in [0.2, 0.25) is 0 Å². The van der Waals surface area contributed by atoms with Gasteiger partial charge in [0.05, 0.1) is 13.2 Å². The first-order valence-corrected chi connectivity index (χ1v) is 6.89. The summed E-state index contributed by atoms with van der Waals surface area (Å²) in [5, 5.41) is 9.67. The van der Waals surface area contributed by atoms with Crippen molar-refractivity contribution in [2.45, 2.75) is 38.2 Å². The van der Waals surface area contributed by atoms with Crippen molar-refractivity contribution in [3.63, 3.8) is 0 Å². The molecule has 0 aromatic heterocycles. The number of aromatic hydroxyl groups is 1. The van der Waals surface area contributed by atoms with Gasteiger partial charge in [0.25, 0.3) is 0 Å². The Bertz CT molecular complexity index is 406. The molecule has 0 spiro atoms. The third kappa shape index (κ3) is 2.96. The SMILES string of the molecule is Oc1cc(OCC2CCCCC2)cc([C@H]2CO2)c1. The molecule has 1 aliphatic carbocycles. The lowest BCUT2D eigenvalue weighted by molar-refractivity contribution is 0.208. The summed E-state index contributed by atoms with van der Waals surface area (Å²) in [6, 6.07) is 5.43. The van der Waals surface area contributed by atoms with E-state index in [4.69, 9.17) is 9.47 Å². The predicted octanol–water partition coefficient (Wildman–Crippen LogP) is 3.42. The van der Waals surface area contributed by atoms with Crippen molar-refractivity contribution in [2.24, 2.45) is 5.92 Å². The third-order valence-corrected chi connectivity index (χ3v) is 3.83. The Kier molecular flexibility index (Phi) is 3.41. The van der Waals surface area contributed by atoms with E-state index in [1.54, 1.807) is 12.1 Å². The van der Waals surface area contributed by atoms with E-state index in [1.165, 1.54) is 32.1 Å². The number of phenols is 1. The van der Waals surface area contributed by atoms with Crippen molar-refractivity contribution in [3.05, 3.63) is 23.8 Å². The number of epoxide rings is 1. The Hall–Kier alpha value is -1.22. The molecule has 1 saturated heterocycles. The zero-order valence-electron chi connectivity index (χ0n) is 10.6. The van der Waals surface area contributed by atoms with Crippen LogP contribution >= 0.6 is 0 Å². The molecule has 1 heterocycles. The Morgan fingerprint density at radius 2 is 1.94 bits per heavy atom. The van der Waals surface area contributed by atoms with E-state index in [0.717, 1.165) is 24.5 Å². The molecule has 0 bridgehead atoms. The largest absolute Gasteiger partial charge is 0.508 e. The molecule has 3 heteroatoms. The lowest BCUT2D eigenvalue weighted by atomic mass is 9.90. The van der Waals surface area contributed by atoms with Crippen LogP contribution < -0.4 is 4.74 Å². The number of rotatable bonds is 4. The highest BCUT2D eigenvalue weighted by atomic mass is 16.6. The Labute approximate surface area is 108 Å². The summed E-state index contributed by atoms with van der Waals surface area (Å²) < 4.78 is 11.1. The molecule has 1 saturated carbocycles. The van der Waals surface area contributed by atoms with Crippen LogP contribution in [0.1, 0.15) is 43.8 Å². The van der Waals surface area contributed by atoms with Gasteiger partial charge in [-0.2, -0.15) is 0 Å². The van der Waals surface area contributed by atoms with Crippen molar-refractivity contribution in [3.8, 4) is 11.5 Å². The predicted molar refractivity (Wildman–Crippen MR) is 68.9 cm³/mol. The maximum atomic E-state index is 9.67. The van der Waals surface area contributed by atoms with Gasteiger partial charge in [0.1, 0.15) is 17.6 Å². The zero-order valence-corrected chi connectivity index (χ0v) is 10.6. The van der Waals surface area contributed by atoms with Gasteiger partial charge >= 0.3 is 0 Å². The molecule has 2 aliphatic rings. The van der Waals surface area contributed by atoms with Crippen LogP contribution in [0.5, 0.6) is 11.5 Å². The molecule has 1 N–H and O–H groups in total. The summed E-state index contributed by atoms with van der Waals surface area (Å²) in [7, 11) is 0.